The highest BCUT2D eigenvalue weighted by Crippen LogP contribution is 2.29. The van der Waals surface area contributed by atoms with Gasteiger partial charge < -0.3 is 4.74 Å². The van der Waals surface area contributed by atoms with E-state index in [1.807, 2.05) is 0 Å². The van der Waals surface area contributed by atoms with Crippen molar-refractivity contribution in [1.29, 1.82) is 0 Å². The largest absolute Gasteiger partial charge is 0.376 e. The van der Waals surface area contributed by atoms with Gasteiger partial charge in [-0.05, 0) is 25.7 Å². The molecule has 0 aromatic heterocycles. The van der Waals surface area contributed by atoms with E-state index in [1.54, 1.807) is 0 Å². The Labute approximate surface area is 108 Å². The van der Waals surface area contributed by atoms with Gasteiger partial charge in [0.05, 0.1) is 12.1 Å². The molecule has 1 aliphatic carbocycles. The van der Waals surface area contributed by atoms with E-state index in [4.69, 9.17) is 4.74 Å². The topological polar surface area (TPSA) is 46.6 Å². The van der Waals surface area contributed by atoms with Crippen molar-refractivity contribution in [2.75, 3.05) is 6.61 Å². The number of ether oxygens (including phenoxy) is 1. The fourth-order valence-corrected chi connectivity index (χ4v) is 2.72. The van der Waals surface area contributed by atoms with Crippen LogP contribution in [0.1, 0.15) is 45.4 Å². The molecular weight excluding hydrogens is 230 g/mol. The Balaban J connectivity index is 1.87. The van der Waals surface area contributed by atoms with Crippen LogP contribution in [-0.4, -0.2) is 35.5 Å². The second-order valence-electron chi connectivity index (χ2n) is 4.99. The molecule has 100 valence electrons. The van der Waals surface area contributed by atoms with Gasteiger partial charge in [0, 0.05) is 18.8 Å². The van der Waals surface area contributed by atoms with Gasteiger partial charge in [0.1, 0.15) is 0 Å². The van der Waals surface area contributed by atoms with Crippen molar-refractivity contribution in [3.63, 3.8) is 0 Å². The van der Waals surface area contributed by atoms with E-state index >= 15 is 0 Å². The molecule has 1 aliphatic heterocycles. The molecule has 0 saturated heterocycles. The molecule has 1 heterocycles. The SMILES string of the molecule is CCCCCO[C@H]1CCC[C@@H]1N1C(=O)C=CC1=O. The quantitative estimate of drug-likeness (QED) is 0.536. The smallest absolute Gasteiger partial charge is 0.253 e. The summed E-state index contributed by atoms with van der Waals surface area (Å²) in [7, 11) is 0. The highest BCUT2D eigenvalue weighted by Gasteiger charge is 2.39. The molecule has 2 aliphatic rings. The Kier molecular flexibility index (Phi) is 4.53. The molecule has 0 N–H and O–H groups in total. The molecule has 0 unspecified atom stereocenters. The van der Waals surface area contributed by atoms with Gasteiger partial charge >= 0.3 is 0 Å². The van der Waals surface area contributed by atoms with Crippen LogP contribution in [0.2, 0.25) is 0 Å². The van der Waals surface area contributed by atoms with Crippen molar-refractivity contribution in [3.8, 4) is 0 Å². The highest BCUT2D eigenvalue weighted by atomic mass is 16.5. The minimum atomic E-state index is -0.186. The monoisotopic (exact) mass is 251 g/mol. The number of nitrogens with zero attached hydrogens (tertiary/aromatic N) is 1. The van der Waals surface area contributed by atoms with Crippen LogP contribution in [0, 0.1) is 0 Å². The zero-order valence-corrected chi connectivity index (χ0v) is 10.9. The van der Waals surface area contributed by atoms with Crippen LogP contribution in [0.4, 0.5) is 0 Å². The third kappa shape index (κ3) is 2.80. The van der Waals surface area contributed by atoms with E-state index in [0.29, 0.717) is 0 Å². The van der Waals surface area contributed by atoms with Crippen LogP contribution >= 0.6 is 0 Å². The first-order valence-electron chi connectivity index (χ1n) is 6.91. The number of unbranched alkanes of at least 4 members (excludes halogenated alkanes) is 2. The fraction of sp³-hybridized carbons (Fsp3) is 0.714. The van der Waals surface area contributed by atoms with Crippen LogP contribution < -0.4 is 0 Å². The second-order valence-corrected chi connectivity index (χ2v) is 4.99. The second kappa shape index (κ2) is 6.14. The first-order valence-corrected chi connectivity index (χ1v) is 6.91. The normalized spacial score (nSPS) is 27.5. The summed E-state index contributed by atoms with van der Waals surface area (Å²) in [5, 5.41) is 0. The van der Waals surface area contributed by atoms with Crippen LogP contribution in [0.3, 0.4) is 0 Å². The van der Waals surface area contributed by atoms with E-state index in [2.05, 4.69) is 6.92 Å². The Hall–Kier alpha value is -1.16. The summed E-state index contributed by atoms with van der Waals surface area (Å²) < 4.78 is 5.85. The number of hydrogen-bond acceptors (Lipinski definition) is 3. The number of hydrogen-bond donors (Lipinski definition) is 0. The maximum Gasteiger partial charge on any atom is 0.253 e. The molecule has 4 nitrogen and oxygen atoms in total. The molecule has 0 aromatic carbocycles. The maximum atomic E-state index is 11.7. The molecule has 2 atom stereocenters. The van der Waals surface area contributed by atoms with Gasteiger partial charge in [-0.25, -0.2) is 0 Å². The van der Waals surface area contributed by atoms with E-state index in [0.717, 1.165) is 32.3 Å². The first-order chi connectivity index (χ1) is 8.74. The summed E-state index contributed by atoms with van der Waals surface area (Å²) in [6.07, 6.45) is 9.00. The molecule has 0 spiro atoms. The molecule has 0 aromatic rings. The summed E-state index contributed by atoms with van der Waals surface area (Å²) in [6.45, 7) is 2.89. The summed E-state index contributed by atoms with van der Waals surface area (Å²) >= 11 is 0. The first kappa shape index (κ1) is 13.3. The van der Waals surface area contributed by atoms with Gasteiger partial charge in [-0.3, -0.25) is 14.5 Å². The lowest BCUT2D eigenvalue weighted by atomic mass is 10.2. The van der Waals surface area contributed by atoms with Crippen molar-refractivity contribution in [3.05, 3.63) is 12.2 Å². The molecule has 1 fully saturated rings. The minimum Gasteiger partial charge on any atom is -0.376 e. The van der Waals surface area contributed by atoms with E-state index < -0.39 is 0 Å². The van der Waals surface area contributed by atoms with E-state index in [9.17, 15) is 9.59 Å². The average molecular weight is 251 g/mol. The number of imide groups is 1. The number of carbonyl (C=O) groups is 2. The Morgan fingerprint density at radius 2 is 1.94 bits per heavy atom. The maximum absolute atomic E-state index is 11.7. The van der Waals surface area contributed by atoms with Crippen molar-refractivity contribution in [2.45, 2.75) is 57.6 Å². The summed E-state index contributed by atoms with van der Waals surface area (Å²) in [6, 6.07) is -0.0540. The van der Waals surface area contributed by atoms with Gasteiger partial charge in [0.2, 0.25) is 0 Å². The van der Waals surface area contributed by atoms with Crippen LogP contribution in [0.25, 0.3) is 0 Å². The van der Waals surface area contributed by atoms with Crippen molar-refractivity contribution in [1.82, 2.24) is 4.90 Å². The van der Waals surface area contributed by atoms with Gasteiger partial charge in [-0.15, -0.1) is 0 Å². The minimum absolute atomic E-state index is 0.0367. The number of carbonyl (C=O) groups excluding carboxylic acids is 2. The molecule has 2 rings (SSSR count). The number of rotatable bonds is 6. The van der Waals surface area contributed by atoms with E-state index in [1.165, 1.54) is 29.9 Å². The van der Waals surface area contributed by atoms with Gasteiger partial charge in [-0.2, -0.15) is 0 Å². The third-order valence-electron chi connectivity index (χ3n) is 3.67. The molecular formula is C14H21NO3. The molecule has 4 heteroatoms. The van der Waals surface area contributed by atoms with Gasteiger partial charge in [0.25, 0.3) is 11.8 Å². The fourth-order valence-electron chi connectivity index (χ4n) is 2.72. The predicted molar refractivity (Wildman–Crippen MR) is 67.9 cm³/mol. The zero-order chi connectivity index (χ0) is 13.0. The highest BCUT2D eigenvalue weighted by molar-refractivity contribution is 6.13. The van der Waals surface area contributed by atoms with Crippen LogP contribution in [0.5, 0.6) is 0 Å². The van der Waals surface area contributed by atoms with Gasteiger partial charge in [-0.1, -0.05) is 19.8 Å². The lowest BCUT2D eigenvalue weighted by Crippen LogP contribution is -2.45. The van der Waals surface area contributed by atoms with Crippen LogP contribution in [-0.2, 0) is 14.3 Å². The van der Waals surface area contributed by atoms with E-state index in [-0.39, 0.29) is 24.0 Å². The predicted octanol–water partition coefficient (Wildman–Crippen LogP) is 2.04. The summed E-state index contributed by atoms with van der Waals surface area (Å²) in [5.74, 6) is -0.372. The third-order valence-corrected chi connectivity index (χ3v) is 3.67. The lowest BCUT2D eigenvalue weighted by Gasteiger charge is -2.27. The van der Waals surface area contributed by atoms with Crippen LogP contribution in [0.15, 0.2) is 12.2 Å². The van der Waals surface area contributed by atoms with Crippen molar-refractivity contribution in [2.24, 2.45) is 0 Å². The summed E-state index contributed by atoms with van der Waals surface area (Å²) in [4.78, 5) is 24.7. The van der Waals surface area contributed by atoms with Crippen molar-refractivity contribution < 1.29 is 14.3 Å². The molecule has 2 amide bonds. The van der Waals surface area contributed by atoms with Crippen molar-refractivity contribution >= 4 is 11.8 Å². The average Bonchev–Trinajstić information content (AvgIpc) is 2.92. The summed E-state index contributed by atoms with van der Waals surface area (Å²) in [5.41, 5.74) is 0. The van der Waals surface area contributed by atoms with Gasteiger partial charge in [0.15, 0.2) is 0 Å². The number of amides is 2. The molecule has 18 heavy (non-hydrogen) atoms. The Morgan fingerprint density at radius 1 is 1.22 bits per heavy atom. The Bertz CT molecular complexity index is 333. The Morgan fingerprint density at radius 3 is 2.61 bits per heavy atom. The lowest BCUT2D eigenvalue weighted by molar-refractivity contribution is -0.142. The molecule has 0 radical (unpaired) electrons. The standard InChI is InChI=1S/C14H21NO3/c1-2-3-4-10-18-12-7-5-6-11(12)15-13(16)8-9-14(15)17/h8-9,11-12H,2-7,10H2,1H3/t11-,12-/m0/s1. The molecule has 1 saturated carbocycles. The molecule has 0 bridgehead atoms. The zero-order valence-electron chi connectivity index (χ0n) is 10.9.